The molecule has 1 amide bonds. The highest BCUT2D eigenvalue weighted by molar-refractivity contribution is 6.68. The molecule has 0 fully saturated rings. The van der Waals surface area contributed by atoms with E-state index in [1.807, 2.05) is 62.4 Å². The molecule has 0 heterocycles. The molecular formula is C18H19Cl3N2O. The maximum Gasteiger partial charge on any atom is 0.228 e. The number of benzene rings is 2. The molecule has 0 aromatic heterocycles. The van der Waals surface area contributed by atoms with Gasteiger partial charge in [0, 0.05) is 5.69 Å². The molecule has 3 nitrogen and oxygen atoms in total. The van der Waals surface area contributed by atoms with Crippen molar-refractivity contribution in [1.82, 2.24) is 5.32 Å². The average Bonchev–Trinajstić information content (AvgIpc) is 2.50. The van der Waals surface area contributed by atoms with Crippen molar-refractivity contribution in [3.63, 3.8) is 0 Å². The van der Waals surface area contributed by atoms with Crippen LogP contribution in [-0.4, -0.2) is 15.9 Å². The number of amides is 1. The minimum atomic E-state index is -1.69. The summed E-state index contributed by atoms with van der Waals surface area (Å²) < 4.78 is -1.69. The first-order valence-corrected chi connectivity index (χ1v) is 8.63. The Balaban J connectivity index is 2.11. The number of rotatable bonds is 5. The van der Waals surface area contributed by atoms with E-state index in [0.29, 0.717) is 0 Å². The topological polar surface area (TPSA) is 41.1 Å². The maximum absolute atomic E-state index is 12.3. The van der Waals surface area contributed by atoms with Gasteiger partial charge in [0.2, 0.25) is 9.70 Å². The van der Waals surface area contributed by atoms with Crippen LogP contribution in [0, 0.1) is 13.8 Å². The summed E-state index contributed by atoms with van der Waals surface area (Å²) in [4.78, 5) is 12.3. The second kappa shape index (κ2) is 8.11. The molecule has 0 aliphatic carbocycles. The van der Waals surface area contributed by atoms with Gasteiger partial charge in [0.1, 0.15) is 6.17 Å². The number of alkyl halides is 3. The molecule has 0 spiro atoms. The first-order valence-electron chi connectivity index (χ1n) is 7.49. The van der Waals surface area contributed by atoms with Gasteiger partial charge in [0.25, 0.3) is 0 Å². The van der Waals surface area contributed by atoms with Crippen molar-refractivity contribution in [2.75, 3.05) is 5.32 Å². The normalized spacial score (nSPS) is 12.5. The molecule has 0 aliphatic rings. The fourth-order valence-electron chi connectivity index (χ4n) is 2.24. The van der Waals surface area contributed by atoms with Crippen molar-refractivity contribution in [2.24, 2.45) is 0 Å². The number of nitrogens with one attached hydrogen (secondary N) is 2. The van der Waals surface area contributed by atoms with Crippen LogP contribution in [0.25, 0.3) is 0 Å². The van der Waals surface area contributed by atoms with Gasteiger partial charge in [-0.05, 0) is 36.6 Å². The molecular weight excluding hydrogens is 367 g/mol. The summed E-state index contributed by atoms with van der Waals surface area (Å²) in [5.41, 5.74) is 3.77. The number of hydrogen-bond donors (Lipinski definition) is 2. The van der Waals surface area contributed by atoms with E-state index in [1.165, 1.54) is 0 Å². The lowest BCUT2D eigenvalue weighted by Crippen LogP contribution is -2.49. The predicted molar refractivity (Wildman–Crippen MR) is 102 cm³/mol. The van der Waals surface area contributed by atoms with Crippen molar-refractivity contribution in [3.05, 3.63) is 65.2 Å². The Morgan fingerprint density at radius 1 is 1.08 bits per heavy atom. The molecule has 0 saturated heterocycles. The Kier molecular flexibility index (Phi) is 6.39. The van der Waals surface area contributed by atoms with E-state index in [4.69, 9.17) is 34.8 Å². The molecule has 1 unspecified atom stereocenters. The minimum Gasteiger partial charge on any atom is -0.362 e. The second-order valence-corrected chi connectivity index (χ2v) is 8.04. The summed E-state index contributed by atoms with van der Waals surface area (Å²) in [6.45, 7) is 3.92. The molecule has 128 valence electrons. The molecule has 1 atom stereocenters. The van der Waals surface area contributed by atoms with E-state index in [2.05, 4.69) is 10.6 Å². The third-order valence-corrected chi connectivity index (χ3v) is 4.19. The zero-order valence-electron chi connectivity index (χ0n) is 13.4. The molecule has 2 N–H and O–H groups in total. The third kappa shape index (κ3) is 5.59. The van der Waals surface area contributed by atoms with Crippen molar-refractivity contribution in [1.29, 1.82) is 0 Å². The number of hydrogen-bond acceptors (Lipinski definition) is 2. The SMILES string of the molecule is Cc1ccc(C)c(NC(NC(=O)Cc2ccccc2)C(Cl)(Cl)Cl)c1. The van der Waals surface area contributed by atoms with Crippen LogP contribution >= 0.6 is 34.8 Å². The number of anilines is 1. The quantitative estimate of drug-likeness (QED) is 0.575. The standard InChI is InChI=1S/C18H19Cl3N2O/c1-12-8-9-13(2)15(10-12)22-17(18(19,20)21)23-16(24)11-14-6-4-3-5-7-14/h3-10,17,22H,11H2,1-2H3,(H,23,24). The van der Waals surface area contributed by atoms with Gasteiger partial charge >= 0.3 is 0 Å². The highest BCUT2D eigenvalue weighted by Crippen LogP contribution is 2.32. The van der Waals surface area contributed by atoms with E-state index in [9.17, 15) is 4.79 Å². The van der Waals surface area contributed by atoms with Crippen molar-refractivity contribution < 1.29 is 4.79 Å². The smallest absolute Gasteiger partial charge is 0.228 e. The Labute approximate surface area is 157 Å². The molecule has 2 aromatic carbocycles. The second-order valence-electron chi connectivity index (χ2n) is 5.67. The monoisotopic (exact) mass is 384 g/mol. The molecule has 0 aliphatic heterocycles. The molecule has 0 saturated carbocycles. The van der Waals surface area contributed by atoms with Crippen LogP contribution in [0.4, 0.5) is 5.69 Å². The molecule has 6 heteroatoms. The predicted octanol–water partition coefficient (Wildman–Crippen LogP) is 4.77. The highest BCUT2D eigenvalue weighted by atomic mass is 35.6. The van der Waals surface area contributed by atoms with Crippen molar-refractivity contribution >= 4 is 46.4 Å². The van der Waals surface area contributed by atoms with Crippen LogP contribution in [0.3, 0.4) is 0 Å². The average molecular weight is 386 g/mol. The van der Waals surface area contributed by atoms with E-state index in [0.717, 1.165) is 22.4 Å². The zero-order valence-corrected chi connectivity index (χ0v) is 15.7. The summed E-state index contributed by atoms with van der Waals surface area (Å²) in [6, 6.07) is 15.3. The van der Waals surface area contributed by atoms with Gasteiger partial charge in [0.05, 0.1) is 6.42 Å². The van der Waals surface area contributed by atoms with Gasteiger partial charge in [-0.15, -0.1) is 0 Å². The lowest BCUT2D eigenvalue weighted by Gasteiger charge is -2.28. The summed E-state index contributed by atoms with van der Waals surface area (Å²) in [5.74, 6) is -0.227. The summed E-state index contributed by atoms with van der Waals surface area (Å²) in [7, 11) is 0. The van der Waals surface area contributed by atoms with Gasteiger partial charge in [0.15, 0.2) is 0 Å². The first-order chi connectivity index (χ1) is 11.3. The molecule has 24 heavy (non-hydrogen) atoms. The van der Waals surface area contributed by atoms with Crippen molar-refractivity contribution in [2.45, 2.75) is 30.2 Å². The highest BCUT2D eigenvalue weighted by Gasteiger charge is 2.34. The summed E-state index contributed by atoms with van der Waals surface area (Å²) in [6.07, 6.45) is -0.633. The maximum atomic E-state index is 12.3. The molecule has 0 radical (unpaired) electrons. The number of halogens is 3. The number of aryl methyl sites for hydroxylation is 2. The van der Waals surface area contributed by atoms with Gasteiger partial charge in [-0.2, -0.15) is 0 Å². The number of carbonyl (C=O) groups is 1. The van der Waals surface area contributed by atoms with Crippen LogP contribution < -0.4 is 10.6 Å². The Hall–Kier alpha value is -1.42. The third-order valence-electron chi connectivity index (χ3n) is 3.53. The Bertz CT molecular complexity index is 699. The molecule has 0 bridgehead atoms. The lowest BCUT2D eigenvalue weighted by atomic mass is 10.1. The fraction of sp³-hybridized carbons (Fsp3) is 0.278. The molecule has 2 aromatic rings. The van der Waals surface area contributed by atoms with E-state index in [-0.39, 0.29) is 12.3 Å². The lowest BCUT2D eigenvalue weighted by molar-refractivity contribution is -0.120. The Morgan fingerprint density at radius 2 is 1.75 bits per heavy atom. The van der Waals surface area contributed by atoms with E-state index >= 15 is 0 Å². The van der Waals surface area contributed by atoms with Gasteiger partial charge in [-0.3, -0.25) is 4.79 Å². The van der Waals surface area contributed by atoms with E-state index < -0.39 is 9.96 Å². The zero-order chi connectivity index (χ0) is 17.7. The fourth-order valence-corrected chi connectivity index (χ4v) is 2.57. The van der Waals surface area contributed by atoms with Gasteiger partial charge in [-0.1, -0.05) is 77.3 Å². The largest absolute Gasteiger partial charge is 0.362 e. The van der Waals surface area contributed by atoms with Crippen LogP contribution in [0.2, 0.25) is 0 Å². The van der Waals surface area contributed by atoms with Gasteiger partial charge < -0.3 is 10.6 Å². The van der Waals surface area contributed by atoms with Crippen LogP contribution in [0.5, 0.6) is 0 Å². The Morgan fingerprint density at radius 3 is 2.38 bits per heavy atom. The van der Waals surface area contributed by atoms with Gasteiger partial charge in [-0.25, -0.2) is 0 Å². The minimum absolute atomic E-state index is 0.215. The first kappa shape index (κ1) is 18.9. The summed E-state index contributed by atoms with van der Waals surface area (Å²) in [5, 5.41) is 5.87. The van der Waals surface area contributed by atoms with Crippen LogP contribution in [0.1, 0.15) is 16.7 Å². The molecule has 2 rings (SSSR count). The summed E-state index contributed by atoms with van der Waals surface area (Å²) >= 11 is 18.1. The van der Waals surface area contributed by atoms with Crippen molar-refractivity contribution in [3.8, 4) is 0 Å². The van der Waals surface area contributed by atoms with E-state index in [1.54, 1.807) is 0 Å². The van der Waals surface area contributed by atoms with Crippen LogP contribution in [-0.2, 0) is 11.2 Å². The van der Waals surface area contributed by atoms with Crippen LogP contribution in [0.15, 0.2) is 48.5 Å². The number of carbonyl (C=O) groups excluding carboxylic acids is 1.